The minimum absolute atomic E-state index is 0.0889. The van der Waals surface area contributed by atoms with Crippen LogP contribution in [-0.2, 0) is 0 Å². The van der Waals surface area contributed by atoms with Crippen molar-refractivity contribution in [1.82, 2.24) is 0 Å². The summed E-state index contributed by atoms with van der Waals surface area (Å²) in [7, 11) is 0. The van der Waals surface area contributed by atoms with E-state index in [0.717, 1.165) is 5.56 Å². The third kappa shape index (κ3) is 3.11. The highest BCUT2D eigenvalue weighted by molar-refractivity contribution is 9.09. The number of ketones is 1. The van der Waals surface area contributed by atoms with Crippen LogP contribution in [0, 0.1) is 6.92 Å². The molecule has 0 bridgehead atoms. The average molecular weight is 339 g/mol. The Morgan fingerprint density at radius 3 is 2.58 bits per heavy atom. The first-order valence-electron chi connectivity index (χ1n) is 5.58. The van der Waals surface area contributed by atoms with E-state index >= 15 is 0 Å². The maximum atomic E-state index is 12.0. The van der Waals surface area contributed by atoms with Crippen molar-refractivity contribution in [1.29, 1.82) is 0 Å². The lowest BCUT2D eigenvalue weighted by molar-refractivity contribution is 0.0732. The molecule has 0 atom stereocenters. The minimum atomic E-state index is -0.453. The smallest absolute Gasteiger partial charge is 0.343 e. The maximum absolute atomic E-state index is 12.0. The van der Waals surface area contributed by atoms with Crippen LogP contribution in [-0.4, -0.2) is 17.1 Å². The number of benzene rings is 1. The van der Waals surface area contributed by atoms with Gasteiger partial charge >= 0.3 is 5.97 Å². The molecular weight excluding hydrogens is 328 g/mol. The fraction of sp³-hybridized carbons (Fsp3) is 0.143. The summed E-state index contributed by atoms with van der Waals surface area (Å²) in [5.74, 6) is -0.178. The molecule has 5 heteroatoms. The van der Waals surface area contributed by atoms with Crippen LogP contribution < -0.4 is 4.74 Å². The van der Waals surface area contributed by atoms with Crippen LogP contribution >= 0.6 is 27.3 Å². The third-order valence-electron chi connectivity index (χ3n) is 2.50. The van der Waals surface area contributed by atoms with Crippen LogP contribution in [0.25, 0.3) is 0 Å². The lowest BCUT2D eigenvalue weighted by Crippen LogP contribution is -2.11. The Balaban J connectivity index is 2.27. The van der Waals surface area contributed by atoms with Crippen LogP contribution in [0.2, 0.25) is 0 Å². The highest BCUT2D eigenvalue weighted by Gasteiger charge is 2.19. The molecule has 3 nitrogen and oxygen atoms in total. The number of halogens is 1. The molecule has 0 unspecified atom stereocenters. The fourth-order valence-corrected chi connectivity index (χ4v) is 2.92. The summed E-state index contributed by atoms with van der Waals surface area (Å²) in [6.45, 7) is 1.81. The van der Waals surface area contributed by atoms with Crippen molar-refractivity contribution < 1.29 is 14.3 Å². The predicted molar refractivity (Wildman–Crippen MR) is 78.6 cm³/mol. The van der Waals surface area contributed by atoms with Crippen molar-refractivity contribution in [2.45, 2.75) is 6.92 Å². The predicted octanol–water partition coefficient (Wildman–Crippen LogP) is 3.85. The van der Waals surface area contributed by atoms with E-state index in [-0.39, 0.29) is 11.1 Å². The molecule has 0 aliphatic carbocycles. The molecule has 1 heterocycles. The largest absolute Gasteiger partial charge is 0.421 e. The molecular formula is C14H11BrO3S. The molecule has 2 aromatic rings. The second kappa shape index (κ2) is 6.12. The number of rotatable bonds is 4. The van der Waals surface area contributed by atoms with Crippen molar-refractivity contribution >= 4 is 39.0 Å². The Bertz CT molecular complexity index is 604. The third-order valence-corrected chi connectivity index (χ3v) is 4.13. The second-order valence-corrected chi connectivity index (χ2v) is 5.33. The van der Waals surface area contributed by atoms with E-state index in [9.17, 15) is 9.59 Å². The van der Waals surface area contributed by atoms with E-state index in [1.807, 2.05) is 18.4 Å². The van der Waals surface area contributed by atoms with Gasteiger partial charge in [0, 0.05) is 5.56 Å². The van der Waals surface area contributed by atoms with Gasteiger partial charge < -0.3 is 4.74 Å². The SMILES string of the molecule is Cc1csc(C(=O)CBr)c1OC(=O)c1ccccc1. The molecule has 0 radical (unpaired) electrons. The number of esters is 1. The Morgan fingerprint density at radius 2 is 1.95 bits per heavy atom. The molecule has 0 fully saturated rings. The molecule has 0 saturated heterocycles. The first-order chi connectivity index (χ1) is 9.13. The zero-order valence-electron chi connectivity index (χ0n) is 10.2. The first-order valence-corrected chi connectivity index (χ1v) is 7.58. The van der Waals surface area contributed by atoms with Crippen molar-refractivity contribution in [3.8, 4) is 5.75 Å². The van der Waals surface area contributed by atoms with Gasteiger partial charge in [-0.1, -0.05) is 34.1 Å². The van der Waals surface area contributed by atoms with E-state index in [4.69, 9.17) is 4.74 Å². The van der Waals surface area contributed by atoms with Crippen LogP contribution in [0.3, 0.4) is 0 Å². The summed E-state index contributed by atoms with van der Waals surface area (Å²) in [6.07, 6.45) is 0. The summed E-state index contributed by atoms with van der Waals surface area (Å²) in [5, 5.41) is 2.02. The molecule has 1 aromatic heterocycles. The first kappa shape index (κ1) is 14.0. The number of hydrogen-bond donors (Lipinski definition) is 0. The quantitative estimate of drug-likeness (QED) is 0.483. The van der Waals surface area contributed by atoms with Crippen molar-refractivity contribution in [2.75, 3.05) is 5.33 Å². The number of aryl methyl sites for hydroxylation is 1. The maximum Gasteiger partial charge on any atom is 0.343 e. The van der Waals surface area contributed by atoms with Gasteiger partial charge in [0.2, 0.25) is 0 Å². The average Bonchev–Trinajstić information content (AvgIpc) is 2.80. The summed E-state index contributed by atoms with van der Waals surface area (Å²) >= 11 is 4.41. The summed E-state index contributed by atoms with van der Waals surface area (Å²) in [6, 6.07) is 8.71. The van der Waals surface area contributed by atoms with Crippen molar-refractivity contribution in [2.24, 2.45) is 0 Å². The van der Waals surface area contributed by atoms with Crippen LogP contribution in [0.5, 0.6) is 5.75 Å². The molecule has 19 heavy (non-hydrogen) atoms. The van der Waals surface area contributed by atoms with E-state index in [1.54, 1.807) is 24.3 Å². The number of hydrogen-bond acceptors (Lipinski definition) is 4. The number of carbonyl (C=O) groups is 2. The van der Waals surface area contributed by atoms with Crippen LogP contribution in [0.1, 0.15) is 25.6 Å². The topological polar surface area (TPSA) is 43.4 Å². The van der Waals surface area contributed by atoms with E-state index < -0.39 is 5.97 Å². The summed E-state index contributed by atoms with van der Waals surface area (Å²) in [5.41, 5.74) is 1.25. The molecule has 0 saturated carbocycles. The monoisotopic (exact) mass is 338 g/mol. The Morgan fingerprint density at radius 1 is 1.26 bits per heavy atom. The fourth-order valence-electron chi connectivity index (χ4n) is 1.54. The second-order valence-electron chi connectivity index (χ2n) is 3.89. The van der Waals surface area contributed by atoms with Gasteiger partial charge in [-0.05, 0) is 24.4 Å². The Hall–Kier alpha value is -1.46. The minimum Gasteiger partial charge on any atom is -0.421 e. The van der Waals surface area contributed by atoms with Gasteiger partial charge in [0.25, 0.3) is 0 Å². The zero-order chi connectivity index (χ0) is 13.8. The molecule has 0 N–H and O–H groups in total. The highest BCUT2D eigenvalue weighted by Crippen LogP contribution is 2.31. The van der Waals surface area contributed by atoms with E-state index in [0.29, 0.717) is 16.2 Å². The van der Waals surface area contributed by atoms with Gasteiger partial charge in [0.15, 0.2) is 11.5 Å². The molecule has 2 rings (SSSR count). The van der Waals surface area contributed by atoms with Gasteiger partial charge in [-0.25, -0.2) is 4.79 Å². The lowest BCUT2D eigenvalue weighted by Gasteiger charge is -2.06. The molecule has 0 spiro atoms. The van der Waals surface area contributed by atoms with Crippen LogP contribution in [0.15, 0.2) is 35.7 Å². The summed E-state index contributed by atoms with van der Waals surface area (Å²) in [4.78, 5) is 24.2. The normalized spacial score (nSPS) is 10.2. The van der Waals surface area contributed by atoms with Crippen molar-refractivity contribution in [3.63, 3.8) is 0 Å². The Labute approximate surface area is 123 Å². The lowest BCUT2D eigenvalue weighted by atomic mass is 10.2. The summed E-state index contributed by atoms with van der Waals surface area (Å²) < 4.78 is 5.36. The standard InChI is InChI=1S/C14H11BrO3S/c1-9-8-19-13(11(16)7-15)12(9)18-14(17)10-5-3-2-4-6-10/h2-6,8H,7H2,1H3. The van der Waals surface area contributed by atoms with E-state index in [1.165, 1.54) is 11.3 Å². The van der Waals surface area contributed by atoms with Crippen molar-refractivity contribution in [3.05, 3.63) is 51.7 Å². The van der Waals surface area contributed by atoms with Gasteiger partial charge in [-0.3, -0.25) is 4.79 Å². The number of thiophene rings is 1. The number of Topliss-reactive ketones (excluding diaryl/α,β-unsaturated/α-hetero) is 1. The molecule has 0 aliphatic heterocycles. The molecule has 1 aromatic carbocycles. The van der Waals surface area contributed by atoms with Gasteiger partial charge in [-0.2, -0.15) is 0 Å². The molecule has 0 amide bonds. The van der Waals surface area contributed by atoms with Gasteiger partial charge in [0.05, 0.1) is 10.9 Å². The van der Waals surface area contributed by atoms with Crippen LogP contribution in [0.4, 0.5) is 0 Å². The number of ether oxygens (including phenoxy) is 1. The number of alkyl halides is 1. The Kier molecular flexibility index (Phi) is 4.50. The van der Waals surface area contributed by atoms with E-state index in [2.05, 4.69) is 15.9 Å². The van der Waals surface area contributed by atoms with Gasteiger partial charge in [0.1, 0.15) is 4.88 Å². The zero-order valence-corrected chi connectivity index (χ0v) is 12.6. The molecule has 98 valence electrons. The highest BCUT2D eigenvalue weighted by atomic mass is 79.9. The molecule has 0 aliphatic rings. The van der Waals surface area contributed by atoms with Gasteiger partial charge in [-0.15, -0.1) is 11.3 Å². The number of carbonyl (C=O) groups excluding carboxylic acids is 2.